The van der Waals surface area contributed by atoms with Gasteiger partial charge in [-0.15, -0.1) is 11.6 Å². The van der Waals surface area contributed by atoms with E-state index in [0.717, 1.165) is 0 Å². The number of nitrogens with zero attached hydrogens (tertiary/aromatic N) is 4. The first-order valence-corrected chi connectivity index (χ1v) is 7.92. The highest BCUT2D eigenvalue weighted by Crippen LogP contribution is 2.18. The summed E-state index contributed by atoms with van der Waals surface area (Å²) < 4.78 is 14.1. The minimum absolute atomic E-state index is 0.0140. The van der Waals surface area contributed by atoms with Gasteiger partial charge in [-0.2, -0.15) is 0 Å². The summed E-state index contributed by atoms with van der Waals surface area (Å²) in [4.78, 5) is 22.4. The van der Waals surface area contributed by atoms with Crippen LogP contribution in [0.15, 0.2) is 40.1 Å². The molecule has 0 saturated carbocycles. The number of aliphatic imine (C=N–C) groups is 2. The van der Waals surface area contributed by atoms with Crippen LogP contribution in [0.3, 0.4) is 0 Å². The van der Waals surface area contributed by atoms with E-state index in [9.17, 15) is 9.18 Å². The number of hydrogen-bond donors (Lipinski definition) is 0. The molecule has 0 fully saturated rings. The average Bonchev–Trinajstić information content (AvgIpc) is 2.52. The number of likely N-dealkylation sites (N-methyl/N-ethyl adjacent to an activating group) is 1. The molecule has 1 aromatic rings. The molecule has 0 radical (unpaired) electrons. The van der Waals surface area contributed by atoms with Crippen LogP contribution >= 0.6 is 23.2 Å². The largest absolute Gasteiger partial charge is 0.373 e. The summed E-state index contributed by atoms with van der Waals surface area (Å²) in [5.74, 6) is -0.0373. The number of aldehydes is 1. The molecule has 0 aliphatic rings. The van der Waals surface area contributed by atoms with Gasteiger partial charge < -0.3 is 14.6 Å². The van der Waals surface area contributed by atoms with Gasteiger partial charge in [-0.3, -0.25) is 9.98 Å². The second kappa shape index (κ2) is 10.1. The fourth-order valence-electron chi connectivity index (χ4n) is 2.03. The van der Waals surface area contributed by atoms with Crippen LogP contribution < -0.4 is 0 Å². The number of hydrogen-bond acceptors (Lipinski definition) is 4. The van der Waals surface area contributed by atoms with Gasteiger partial charge in [0.25, 0.3) is 0 Å². The molecule has 0 heterocycles. The molecule has 0 aliphatic heterocycles. The Bertz CT molecular complexity index is 647. The molecule has 1 rings (SSSR count). The molecular formula is C16H19Cl2FN4O. The summed E-state index contributed by atoms with van der Waals surface area (Å²) in [6, 6.07) is 4.36. The lowest BCUT2D eigenvalue weighted by molar-refractivity contribution is -0.108. The third-order valence-electron chi connectivity index (χ3n) is 3.10. The van der Waals surface area contributed by atoms with E-state index >= 15 is 0 Å². The van der Waals surface area contributed by atoms with Gasteiger partial charge in [-0.1, -0.05) is 17.7 Å². The Kier molecular flexibility index (Phi) is 8.43. The quantitative estimate of drug-likeness (QED) is 0.231. The van der Waals surface area contributed by atoms with Gasteiger partial charge in [0.05, 0.1) is 18.4 Å². The van der Waals surface area contributed by atoms with Crippen LogP contribution in [0, 0.1) is 5.82 Å². The molecule has 0 atom stereocenters. The van der Waals surface area contributed by atoms with Gasteiger partial charge >= 0.3 is 0 Å². The van der Waals surface area contributed by atoms with E-state index in [1.54, 1.807) is 36.0 Å². The second-order valence-electron chi connectivity index (χ2n) is 4.98. The van der Waals surface area contributed by atoms with Crippen molar-refractivity contribution in [2.24, 2.45) is 9.98 Å². The van der Waals surface area contributed by atoms with Crippen LogP contribution in [0.4, 0.5) is 4.39 Å². The number of carbonyl (C=O) groups excluding carboxylic acids is 1. The number of rotatable bonds is 8. The fourth-order valence-corrected chi connectivity index (χ4v) is 2.30. The predicted molar refractivity (Wildman–Crippen MR) is 97.4 cm³/mol. The lowest BCUT2D eigenvalue weighted by Crippen LogP contribution is -2.37. The minimum atomic E-state index is -0.458. The van der Waals surface area contributed by atoms with Crippen LogP contribution in [0.1, 0.15) is 5.56 Å². The van der Waals surface area contributed by atoms with Gasteiger partial charge in [-0.25, -0.2) is 4.39 Å². The van der Waals surface area contributed by atoms with Crippen molar-refractivity contribution in [1.82, 2.24) is 9.80 Å². The minimum Gasteiger partial charge on any atom is -0.373 e. The molecule has 0 bridgehead atoms. The highest BCUT2D eigenvalue weighted by Gasteiger charge is 2.19. The van der Waals surface area contributed by atoms with E-state index in [1.165, 1.54) is 12.3 Å². The predicted octanol–water partition coefficient (Wildman–Crippen LogP) is 3.18. The van der Waals surface area contributed by atoms with Crippen molar-refractivity contribution >= 4 is 42.0 Å². The molecule has 8 heteroatoms. The Morgan fingerprint density at radius 2 is 2.12 bits per heavy atom. The van der Waals surface area contributed by atoms with Gasteiger partial charge in [0, 0.05) is 31.2 Å². The summed E-state index contributed by atoms with van der Waals surface area (Å²) in [6.45, 7) is 3.57. The Balaban J connectivity index is 3.26. The molecular weight excluding hydrogens is 354 g/mol. The maximum absolute atomic E-state index is 14.1. The highest BCUT2D eigenvalue weighted by molar-refractivity contribution is 6.30. The van der Waals surface area contributed by atoms with E-state index < -0.39 is 5.82 Å². The Morgan fingerprint density at radius 3 is 2.62 bits per heavy atom. The monoisotopic (exact) mass is 372 g/mol. The number of benzene rings is 1. The fraction of sp³-hybridized carbons (Fsp3) is 0.312. The zero-order chi connectivity index (χ0) is 18.1. The molecule has 1 aromatic carbocycles. The zero-order valence-electron chi connectivity index (χ0n) is 13.5. The van der Waals surface area contributed by atoms with Crippen molar-refractivity contribution in [3.05, 3.63) is 46.5 Å². The van der Waals surface area contributed by atoms with Crippen molar-refractivity contribution in [3.63, 3.8) is 0 Å². The summed E-state index contributed by atoms with van der Waals surface area (Å²) in [5.41, 5.74) is 0.982. The molecule has 0 unspecified atom stereocenters. The Morgan fingerprint density at radius 1 is 1.42 bits per heavy atom. The van der Waals surface area contributed by atoms with Gasteiger partial charge in [0.15, 0.2) is 5.84 Å². The highest BCUT2D eigenvalue weighted by atomic mass is 35.5. The molecule has 0 amide bonds. The first-order valence-electron chi connectivity index (χ1n) is 7.01. The van der Waals surface area contributed by atoms with E-state index in [0.29, 0.717) is 28.4 Å². The van der Waals surface area contributed by atoms with Crippen molar-refractivity contribution in [3.8, 4) is 0 Å². The SMILES string of the molecule is C=N/C=C(\C(=N/CCl)N(CC=O)Cc1ccc(Cl)cc1F)N(C)C. The number of halogens is 3. The number of amidine groups is 1. The topological polar surface area (TPSA) is 48.3 Å². The van der Waals surface area contributed by atoms with Crippen molar-refractivity contribution < 1.29 is 9.18 Å². The van der Waals surface area contributed by atoms with Crippen LogP contribution in [0.25, 0.3) is 0 Å². The van der Waals surface area contributed by atoms with E-state index in [-0.39, 0.29) is 19.1 Å². The molecule has 0 aliphatic carbocycles. The van der Waals surface area contributed by atoms with Crippen LogP contribution in [-0.4, -0.2) is 55.3 Å². The Labute approximate surface area is 151 Å². The molecule has 0 aromatic heterocycles. The van der Waals surface area contributed by atoms with Gasteiger partial charge in [0.1, 0.15) is 18.1 Å². The standard InChI is InChI=1S/C16H19Cl2FN4O/c1-20-9-15(22(2)3)16(21-11-17)23(6-7-24)10-12-4-5-13(18)8-14(12)19/h4-5,7-9H,1,6,10-11H2,2-3H3/b15-9+,21-16+. The molecule has 0 N–H and O–H groups in total. The molecule has 0 saturated heterocycles. The zero-order valence-corrected chi connectivity index (χ0v) is 15.1. The van der Waals surface area contributed by atoms with Crippen molar-refractivity contribution in [1.29, 1.82) is 0 Å². The molecule has 130 valence electrons. The summed E-state index contributed by atoms with van der Waals surface area (Å²) in [7, 11) is 3.59. The average molecular weight is 373 g/mol. The lowest BCUT2D eigenvalue weighted by Gasteiger charge is -2.28. The van der Waals surface area contributed by atoms with Crippen LogP contribution in [0.5, 0.6) is 0 Å². The summed E-state index contributed by atoms with van der Waals surface area (Å²) in [6.07, 6.45) is 2.22. The summed E-state index contributed by atoms with van der Waals surface area (Å²) in [5, 5.41) is 0.303. The van der Waals surface area contributed by atoms with Crippen LogP contribution in [0.2, 0.25) is 5.02 Å². The third kappa shape index (κ3) is 5.62. The van der Waals surface area contributed by atoms with E-state index in [1.807, 2.05) is 0 Å². The van der Waals surface area contributed by atoms with Crippen molar-refractivity contribution in [2.75, 3.05) is 26.6 Å². The lowest BCUT2D eigenvalue weighted by atomic mass is 10.2. The van der Waals surface area contributed by atoms with Crippen LogP contribution in [-0.2, 0) is 11.3 Å². The molecule has 0 spiro atoms. The van der Waals surface area contributed by atoms with Crippen molar-refractivity contribution in [2.45, 2.75) is 6.54 Å². The summed E-state index contributed by atoms with van der Waals surface area (Å²) >= 11 is 11.5. The molecule has 5 nitrogen and oxygen atoms in total. The first kappa shape index (κ1) is 20.1. The second-order valence-corrected chi connectivity index (χ2v) is 5.65. The molecule has 24 heavy (non-hydrogen) atoms. The number of carbonyl (C=O) groups is 1. The smallest absolute Gasteiger partial charge is 0.151 e. The first-order chi connectivity index (χ1) is 11.4. The van der Waals surface area contributed by atoms with Gasteiger partial charge in [-0.05, 0) is 18.9 Å². The van der Waals surface area contributed by atoms with Gasteiger partial charge in [0.2, 0.25) is 0 Å². The third-order valence-corrected chi connectivity index (χ3v) is 3.46. The maximum atomic E-state index is 14.1. The number of alkyl halides is 1. The maximum Gasteiger partial charge on any atom is 0.151 e. The van der Waals surface area contributed by atoms with E-state index in [2.05, 4.69) is 16.7 Å². The Hall–Kier alpha value is -1.92. The van der Waals surface area contributed by atoms with E-state index in [4.69, 9.17) is 23.2 Å². The normalized spacial score (nSPS) is 12.0.